The molecule has 0 aromatic carbocycles. The summed E-state index contributed by atoms with van der Waals surface area (Å²) in [4.78, 5) is 20.7. The molecule has 1 rings (SSSR count). The number of nitrogens with zero attached hydrogens (tertiary/aromatic N) is 3. The fraction of sp³-hybridized carbons (Fsp3) is 0.647. The normalized spacial score (nSPS) is 11.5. The fourth-order valence-corrected chi connectivity index (χ4v) is 2.72. The van der Waals surface area contributed by atoms with Gasteiger partial charge in [-0.1, -0.05) is 0 Å². The highest BCUT2D eigenvalue weighted by Gasteiger charge is 2.18. The van der Waals surface area contributed by atoms with E-state index in [1.165, 1.54) is 0 Å². The Morgan fingerprint density at radius 2 is 1.67 bits per heavy atom. The molecule has 0 spiro atoms. The molecule has 4 heteroatoms. The van der Waals surface area contributed by atoms with Crippen LogP contribution in [0.4, 0.5) is 5.82 Å². The summed E-state index contributed by atoms with van der Waals surface area (Å²) in [7, 11) is 0. The van der Waals surface area contributed by atoms with E-state index in [0.29, 0.717) is 18.6 Å². The lowest BCUT2D eigenvalue weighted by atomic mass is 10.2. The van der Waals surface area contributed by atoms with Crippen molar-refractivity contribution in [2.75, 3.05) is 18.0 Å². The van der Waals surface area contributed by atoms with Crippen molar-refractivity contribution < 1.29 is 4.79 Å². The van der Waals surface area contributed by atoms with E-state index < -0.39 is 0 Å². The Labute approximate surface area is 129 Å². The number of hydrogen-bond donors (Lipinski definition) is 0. The molecule has 0 saturated heterocycles. The van der Waals surface area contributed by atoms with Crippen LogP contribution >= 0.6 is 0 Å². The van der Waals surface area contributed by atoms with E-state index in [1.807, 2.05) is 26.0 Å². The third-order valence-corrected chi connectivity index (χ3v) is 3.65. The second-order valence-corrected chi connectivity index (χ2v) is 6.24. The van der Waals surface area contributed by atoms with Crippen LogP contribution in [0.3, 0.4) is 0 Å². The highest BCUT2D eigenvalue weighted by atomic mass is 16.2. The van der Waals surface area contributed by atoms with Crippen LogP contribution in [-0.4, -0.2) is 41.0 Å². The predicted molar refractivity (Wildman–Crippen MR) is 88.7 cm³/mol. The quantitative estimate of drug-likeness (QED) is 0.807. The van der Waals surface area contributed by atoms with Gasteiger partial charge in [-0.2, -0.15) is 0 Å². The largest absolute Gasteiger partial charge is 0.297 e. The Hall–Kier alpha value is -1.42. The van der Waals surface area contributed by atoms with Crippen LogP contribution in [-0.2, 0) is 4.79 Å². The van der Waals surface area contributed by atoms with Gasteiger partial charge in [0.1, 0.15) is 5.82 Å². The zero-order valence-corrected chi connectivity index (χ0v) is 14.5. The molecule has 0 unspecified atom stereocenters. The van der Waals surface area contributed by atoms with Crippen molar-refractivity contribution in [3.8, 4) is 0 Å². The molecule has 1 aromatic heterocycles. The summed E-state index contributed by atoms with van der Waals surface area (Å²) < 4.78 is 0. The molecule has 0 bridgehead atoms. The smallest absolute Gasteiger partial charge is 0.225 e. The van der Waals surface area contributed by atoms with Gasteiger partial charge in [0.25, 0.3) is 0 Å². The highest BCUT2D eigenvalue weighted by molar-refractivity contribution is 5.90. The summed E-state index contributed by atoms with van der Waals surface area (Å²) in [5.74, 6) is 0.799. The Bertz CT molecular complexity index is 455. The molecule has 1 heterocycles. The summed E-state index contributed by atoms with van der Waals surface area (Å²) in [5, 5.41) is 0. The third-order valence-electron chi connectivity index (χ3n) is 3.65. The van der Waals surface area contributed by atoms with E-state index in [-0.39, 0.29) is 5.91 Å². The minimum Gasteiger partial charge on any atom is -0.297 e. The minimum absolute atomic E-state index is 0.0416. The molecule has 0 atom stereocenters. The van der Waals surface area contributed by atoms with Crippen molar-refractivity contribution in [1.29, 1.82) is 0 Å². The summed E-state index contributed by atoms with van der Waals surface area (Å²) in [5.41, 5.74) is 2.08. The molecule has 0 aliphatic heterocycles. The molecule has 0 aliphatic rings. The lowest BCUT2D eigenvalue weighted by molar-refractivity contribution is -0.116. The van der Waals surface area contributed by atoms with Crippen LogP contribution in [0.5, 0.6) is 0 Å². The van der Waals surface area contributed by atoms with Gasteiger partial charge >= 0.3 is 0 Å². The third kappa shape index (κ3) is 5.12. The minimum atomic E-state index is 0.0416. The molecule has 0 radical (unpaired) electrons. The van der Waals surface area contributed by atoms with Gasteiger partial charge in [-0.3, -0.25) is 14.6 Å². The first kappa shape index (κ1) is 17.6. The van der Waals surface area contributed by atoms with E-state index >= 15 is 0 Å². The average molecular weight is 291 g/mol. The number of carbonyl (C=O) groups is 1. The maximum absolute atomic E-state index is 12.0. The number of anilines is 1. The molecule has 0 aliphatic carbocycles. The second kappa shape index (κ2) is 7.55. The number of rotatable bonds is 6. The van der Waals surface area contributed by atoms with Crippen LogP contribution in [0.25, 0.3) is 0 Å². The van der Waals surface area contributed by atoms with E-state index in [4.69, 9.17) is 0 Å². The molecule has 1 amide bonds. The van der Waals surface area contributed by atoms with E-state index in [0.717, 1.165) is 23.6 Å². The van der Waals surface area contributed by atoms with Crippen molar-refractivity contribution >= 4 is 11.7 Å². The monoisotopic (exact) mass is 291 g/mol. The molecule has 4 nitrogen and oxygen atoms in total. The summed E-state index contributed by atoms with van der Waals surface area (Å²) >= 11 is 0. The molecule has 118 valence electrons. The van der Waals surface area contributed by atoms with E-state index in [1.54, 1.807) is 11.8 Å². The topological polar surface area (TPSA) is 36.4 Å². The summed E-state index contributed by atoms with van der Waals surface area (Å²) in [6, 6.07) is 4.93. The number of hydrogen-bond acceptors (Lipinski definition) is 3. The fourth-order valence-electron chi connectivity index (χ4n) is 2.72. The molecule has 1 aromatic rings. The molecule has 0 saturated carbocycles. The van der Waals surface area contributed by atoms with Crippen LogP contribution in [0.15, 0.2) is 12.1 Å². The van der Waals surface area contributed by atoms with Gasteiger partial charge in [0.15, 0.2) is 0 Å². The van der Waals surface area contributed by atoms with Crippen LogP contribution in [0, 0.1) is 13.8 Å². The lowest BCUT2D eigenvalue weighted by Gasteiger charge is -2.32. The van der Waals surface area contributed by atoms with Gasteiger partial charge in [-0.15, -0.1) is 0 Å². The van der Waals surface area contributed by atoms with Gasteiger partial charge in [0.05, 0.1) is 0 Å². The van der Waals surface area contributed by atoms with Gasteiger partial charge in [-0.25, -0.2) is 4.98 Å². The number of amides is 1. The number of aromatic nitrogens is 1. The molecule has 0 fully saturated rings. The summed E-state index contributed by atoms with van der Waals surface area (Å²) in [6.07, 6.45) is 0. The van der Waals surface area contributed by atoms with E-state index in [9.17, 15) is 4.79 Å². The number of aryl methyl sites for hydroxylation is 2. The summed E-state index contributed by atoms with van der Waals surface area (Å²) in [6.45, 7) is 15.9. The van der Waals surface area contributed by atoms with Gasteiger partial charge in [-0.05, 0) is 59.2 Å². The van der Waals surface area contributed by atoms with Crippen molar-refractivity contribution in [2.24, 2.45) is 0 Å². The first-order chi connectivity index (χ1) is 9.72. The standard InChI is InChI=1S/C17H29N3O/c1-12(2)19(13(3)4)8-9-20(16(7)21)17-11-14(5)10-15(6)18-17/h10-13H,8-9H2,1-7H3. The first-order valence-corrected chi connectivity index (χ1v) is 7.71. The highest BCUT2D eigenvalue weighted by Crippen LogP contribution is 2.15. The zero-order valence-electron chi connectivity index (χ0n) is 14.5. The molecule has 0 N–H and O–H groups in total. The second-order valence-electron chi connectivity index (χ2n) is 6.24. The lowest BCUT2D eigenvalue weighted by Crippen LogP contribution is -2.44. The number of pyridine rings is 1. The van der Waals surface area contributed by atoms with Crippen molar-refractivity contribution in [1.82, 2.24) is 9.88 Å². The van der Waals surface area contributed by atoms with Gasteiger partial charge < -0.3 is 0 Å². The van der Waals surface area contributed by atoms with E-state index in [2.05, 4.69) is 37.6 Å². The Kier molecular flexibility index (Phi) is 6.34. The van der Waals surface area contributed by atoms with Gasteiger partial charge in [0.2, 0.25) is 5.91 Å². The molecular formula is C17H29N3O. The first-order valence-electron chi connectivity index (χ1n) is 7.71. The zero-order chi connectivity index (χ0) is 16.2. The average Bonchev–Trinajstić information content (AvgIpc) is 2.31. The maximum atomic E-state index is 12.0. The maximum Gasteiger partial charge on any atom is 0.225 e. The molecular weight excluding hydrogens is 262 g/mol. The SMILES string of the molecule is CC(=O)N(CCN(C(C)C)C(C)C)c1cc(C)cc(C)n1. The molecule has 21 heavy (non-hydrogen) atoms. The number of carbonyl (C=O) groups excluding carboxylic acids is 1. The van der Waals surface area contributed by atoms with Crippen LogP contribution in [0.1, 0.15) is 45.9 Å². The Morgan fingerprint density at radius 3 is 2.10 bits per heavy atom. The predicted octanol–water partition coefficient (Wildman–Crippen LogP) is 3.17. The van der Waals surface area contributed by atoms with Crippen LogP contribution in [0.2, 0.25) is 0 Å². The Balaban J connectivity index is 2.90. The van der Waals surface area contributed by atoms with Crippen molar-refractivity contribution in [2.45, 2.75) is 60.5 Å². The van der Waals surface area contributed by atoms with Crippen molar-refractivity contribution in [3.63, 3.8) is 0 Å². The van der Waals surface area contributed by atoms with Crippen molar-refractivity contribution in [3.05, 3.63) is 23.4 Å². The van der Waals surface area contributed by atoms with Crippen LogP contribution < -0.4 is 4.90 Å². The van der Waals surface area contributed by atoms with Gasteiger partial charge in [0, 0.05) is 37.8 Å². The Morgan fingerprint density at radius 1 is 1.10 bits per heavy atom.